The number of fused-ring (bicyclic) bond motifs is 1. The monoisotopic (exact) mass is 399 g/mol. The van der Waals surface area contributed by atoms with Gasteiger partial charge in [-0.3, -0.25) is 0 Å². The molecule has 0 bridgehead atoms. The van der Waals surface area contributed by atoms with Gasteiger partial charge in [-0.25, -0.2) is 9.97 Å². The van der Waals surface area contributed by atoms with E-state index in [9.17, 15) is 0 Å². The maximum Gasteiger partial charge on any atom is 0.138 e. The third-order valence-corrected chi connectivity index (χ3v) is 5.97. The molecule has 1 aromatic heterocycles. The lowest BCUT2D eigenvalue weighted by atomic mass is 9.95. The first kappa shape index (κ1) is 19.2. The van der Waals surface area contributed by atoms with Crippen molar-refractivity contribution in [2.45, 2.75) is 25.6 Å². The molecule has 0 saturated carbocycles. The average Bonchev–Trinajstić information content (AvgIpc) is 3.11. The number of nitrogens with zero attached hydrogens (tertiary/aromatic N) is 4. The third kappa shape index (κ3) is 3.60. The highest BCUT2D eigenvalue weighted by Gasteiger charge is 2.30. The smallest absolute Gasteiger partial charge is 0.138 e. The lowest BCUT2D eigenvalue weighted by molar-refractivity contribution is 0.0787. The minimum atomic E-state index is 0.0470. The molecule has 148 valence electrons. The molecule has 0 unspecified atom stereocenters. The van der Waals surface area contributed by atoms with Crippen molar-refractivity contribution in [3.05, 3.63) is 64.7 Å². The first-order valence-corrected chi connectivity index (χ1v) is 10.1. The number of aromatic nitrogens is 2. The summed E-state index contributed by atoms with van der Waals surface area (Å²) in [5.41, 5.74) is 10.4. The zero-order chi connectivity index (χ0) is 19.7. The molecule has 2 aliphatic rings. The highest BCUT2D eigenvalue weighted by Crippen LogP contribution is 2.35. The summed E-state index contributed by atoms with van der Waals surface area (Å²) in [5, 5.41) is 0.731. The van der Waals surface area contributed by atoms with E-state index in [1.54, 1.807) is 6.33 Å². The summed E-state index contributed by atoms with van der Waals surface area (Å²) in [6, 6.07) is 7.88. The highest BCUT2D eigenvalue weighted by atomic mass is 35.5. The zero-order valence-electron chi connectivity index (χ0n) is 16.1. The number of rotatable bonds is 5. The summed E-state index contributed by atoms with van der Waals surface area (Å²) >= 11 is 6.02. The molecule has 3 heterocycles. The number of halogens is 1. The van der Waals surface area contributed by atoms with Gasteiger partial charge in [-0.15, -0.1) is 0 Å². The lowest BCUT2D eigenvalue weighted by Crippen LogP contribution is -2.47. The average molecular weight is 400 g/mol. The summed E-state index contributed by atoms with van der Waals surface area (Å²) in [6.07, 6.45) is 1.69. The van der Waals surface area contributed by atoms with E-state index in [0.29, 0.717) is 13.2 Å². The van der Waals surface area contributed by atoms with Crippen LogP contribution in [0.5, 0.6) is 0 Å². The van der Waals surface area contributed by atoms with Crippen molar-refractivity contribution >= 4 is 17.4 Å². The standard InChI is InChI=1S/C21H26ClN5O/c1-14(18(11-23)16-3-5-17(22)6-4-16)26-7-9-27(10-8-26)21-20-15(2)28-12-19(20)24-13-25-21/h3-6,13,15,18H,1,7-12,23H2,2H3/t15-,18-/m0/s1. The quantitative estimate of drug-likeness (QED) is 0.833. The molecule has 2 aromatic rings. The molecule has 6 nitrogen and oxygen atoms in total. The molecule has 2 aliphatic heterocycles. The van der Waals surface area contributed by atoms with Crippen molar-refractivity contribution in [3.8, 4) is 0 Å². The van der Waals surface area contributed by atoms with E-state index in [1.807, 2.05) is 24.3 Å². The van der Waals surface area contributed by atoms with Crippen LogP contribution in [0.1, 0.15) is 35.8 Å². The van der Waals surface area contributed by atoms with Gasteiger partial charge in [0.1, 0.15) is 12.1 Å². The van der Waals surface area contributed by atoms with Crippen LogP contribution in [0.2, 0.25) is 5.02 Å². The van der Waals surface area contributed by atoms with Crippen molar-refractivity contribution in [2.24, 2.45) is 5.73 Å². The number of piperazine rings is 1. The van der Waals surface area contributed by atoms with Crippen molar-refractivity contribution in [2.75, 3.05) is 37.6 Å². The van der Waals surface area contributed by atoms with Gasteiger partial charge in [0.2, 0.25) is 0 Å². The summed E-state index contributed by atoms with van der Waals surface area (Å²) in [5.74, 6) is 1.11. The van der Waals surface area contributed by atoms with Crippen LogP contribution in [-0.4, -0.2) is 47.6 Å². The Kier molecular flexibility index (Phi) is 5.53. The van der Waals surface area contributed by atoms with E-state index >= 15 is 0 Å². The van der Waals surface area contributed by atoms with Gasteiger partial charge in [-0.1, -0.05) is 30.3 Å². The maximum absolute atomic E-state index is 6.08. The minimum Gasteiger partial charge on any atom is -0.371 e. The van der Waals surface area contributed by atoms with Gasteiger partial charge in [-0.05, 0) is 24.6 Å². The van der Waals surface area contributed by atoms with Crippen LogP contribution in [0.3, 0.4) is 0 Å². The van der Waals surface area contributed by atoms with Crippen LogP contribution in [0.25, 0.3) is 0 Å². The van der Waals surface area contributed by atoms with Crippen LogP contribution >= 0.6 is 11.6 Å². The van der Waals surface area contributed by atoms with Crippen LogP contribution in [0, 0.1) is 0 Å². The van der Waals surface area contributed by atoms with Crippen molar-refractivity contribution in [1.29, 1.82) is 0 Å². The molecule has 1 aromatic carbocycles. The normalized spacial score (nSPS) is 20.2. The summed E-state index contributed by atoms with van der Waals surface area (Å²) in [6.45, 7) is 11.1. The van der Waals surface area contributed by atoms with E-state index in [-0.39, 0.29) is 12.0 Å². The van der Waals surface area contributed by atoms with E-state index in [0.717, 1.165) is 59.5 Å². The van der Waals surface area contributed by atoms with Crippen molar-refractivity contribution < 1.29 is 4.74 Å². The number of benzene rings is 1. The van der Waals surface area contributed by atoms with E-state index in [4.69, 9.17) is 22.1 Å². The molecular formula is C21H26ClN5O. The van der Waals surface area contributed by atoms with Gasteiger partial charge >= 0.3 is 0 Å². The second-order valence-electron chi connectivity index (χ2n) is 7.32. The van der Waals surface area contributed by atoms with Gasteiger partial charge in [0.15, 0.2) is 0 Å². The largest absolute Gasteiger partial charge is 0.371 e. The van der Waals surface area contributed by atoms with E-state index < -0.39 is 0 Å². The first-order chi connectivity index (χ1) is 13.6. The molecule has 4 rings (SSSR count). The fourth-order valence-electron chi connectivity index (χ4n) is 4.08. The topological polar surface area (TPSA) is 67.5 Å². The predicted molar refractivity (Wildman–Crippen MR) is 111 cm³/mol. The molecule has 0 amide bonds. The molecule has 0 spiro atoms. The highest BCUT2D eigenvalue weighted by molar-refractivity contribution is 6.30. The Morgan fingerprint density at radius 3 is 2.64 bits per heavy atom. The Hall–Kier alpha value is -2.15. The molecule has 2 N–H and O–H groups in total. The number of ether oxygens (including phenoxy) is 1. The SMILES string of the molecule is C=C([C@H](CN)c1ccc(Cl)cc1)N1CCN(c2ncnc3c2[C@H](C)OC3)CC1. The molecule has 7 heteroatoms. The van der Waals surface area contributed by atoms with Crippen molar-refractivity contribution in [1.82, 2.24) is 14.9 Å². The fraction of sp³-hybridized carbons (Fsp3) is 0.429. The molecule has 1 saturated heterocycles. The minimum absolute atomic E-state index is 0.0470. The molecular weight excluding hydrogens is 374 g/mol. The van der Waals surface area contributed by atoms with Gasteiger partial charge in [0.25, 0.3) is 0 Å². The zero-order valence-corrected chi connectivity index (χ0v) is 16.9. The van der Waals surface area contributed by atoms with Crippen LogP contribution in [0.4, 0.5) is 5.82 Å². The second-order valence-corrected chi connectivity index (χ2v) is 7.75. The Morgan fingerprint density at radius 1 is 1.25 bits per heavy atom. The maximum atomic E-state index is 6.08. The Labute approximate surface area is 171 Å². The number of nitrogens with two attached hydrogens (primary N) is 1. The number of anilines is 1. The molecule has 0 radical (unpaired) electrons. The molecule has 28 heavy (non-hydrogen) atoms. The fourth-order valence-corrected chi connectivity index (χ4v) is 4.20. The molecule has 2 atom stereocenters. The molecule has 0 aliphatic carbocycles. The third-order valence-electron chi connectivity index (χ3n) is 5.72. The number of hydrogen-bond acceptors (Lipinski definition) is 6. The summed E-state index contributed by atoms with van der Waals surface area (Å²) in [4.78, 5) is 13.6. The number of hydrogen-bond donors (Lipinski definition) is 1. The van der Waals surface area contributed by atoms with E-state index in [1.165, 1.54) is 0 Å². The summed E-state index contributed by atoms with van der Waals surface area (Å²) in [7, 11) is 0. The summed E-state index contributed by atoms with van der Waals surface area (Å²) < 4.78 is 5.74. The van der Waals surface area contributed by atoms with Gasteiger partial charge < -0.3 is 20.3 Å². The molecule has 1 fully saturated rings. The first-order valence-electron chi connectivity index (χ1n) is 9.68. The Balaban J connectivity index is 1.45. The lowest BCUT2D eigenvalue weighted by Gasteiger charge is -2.40. The van der Waals surface area contributed by atoms with Crippen LogP contribution in [0.15, 0.2) is 42.9 Å². The van der Waals surface area contributed by atoms with Gasteiger partial charge in [-0.2, -0.15) is 0 Å². The van der Waals surface area contributed by atoms with Crippen LogP contribution in [-0.2, 0) is 11.3 Å². The second kappa shape index (κ2) is 8.07. The van der Waals surface area contributed by atoms with Crippen molar-refractivity contribution in [3.63, 3.8) is 0 Å². The Morgan fingerprint density at radius 2 is 1.96 bits per heavy atom. The predicted octanol–water partition coefficient (Wildman–Crippen LogP) is 3.10. The Bertz CT molecular complexity index is 848. The van der Waals surface area contributed by atoms with E-state index in [2.05, 4.69) is 33.3 Å². The van der Waals surface area contributed by atoms with Gasteiger partial charge in [0.05, 0.1) is 18.4 Å². The van der Waals surface area contributed by atoms with Crippen LogP contribution < -0.4 is 10.6 Å². The van der Waals surface area contributed by atoms with Gasteiger partial charge in [0, 0.05) is 54.9 Å².